The summed E-state index contributed by atoms with van der Waals surface area (Å²) in [6, 6.07) is 5.22. The van der Waals surface area contributed by atoms with Crippen LogP contribution >= 0.6 is 0 Å². The smallest absolute Gasteiger partial charge is 0.337 e. The van der Waals surface area contributed by atoms with Gasteiger partial charge in [0.1, 0.15) is 17.4 Å². The molecule has 1 heterocycles. The minimum Gasteiger partial charge on any atom is -0.497 e. The van der Waals surface area contributed by atoms with Gasteiger partial charge < -0.3 is 24.3 Å². The second kappa shape index (κ2) is 9.68. The summed E-state index contributed by atoms with van der Waals surface area (Å²) in [5.74, 6) is -2.45. The van der Waals surface area contributed by atoms with Gasteiger partial charge in [-0.1, -0.05) is 13.0 Å². The fraction of sp³-hybridized carbons (Fsp3) is 0.480. The van der Waals surface area contributed by atoms with Crippen LogP contribution in [0.1, 0.15) is 45.6 Å². The van der Waals surface area contributed by atoms with Gasteiger partial charge in [-0.3, -0.25) is 9.59 Å². The summed E-state index contributed by atoms with van der Waals surface area (Å²) in [4.78, 5) is 39.5. The molecule has 0 amide bonds. The molecule has 0 aromatic heterocycles. The third kappa shape index (κ3) is 4.47. The molecule has 3 atom stereocenters. The maximum Gasteiger partial charge on any atom is 0.337 e. The van der Waals surface area contributed by atoms with E-state index in [2.05, 4.69) is 5.32 Å². The Hall–Kier alpha value is -3.29. The van der Waals surface area contributed by atoms with E-state index >= 15 is 0 Å². The molecule has 178 valence electrons. The first-order chi connectivity index (χ1) is 15.6. The quantitative estimate of drug-likeness (QED) is 0.513. The number of dihydropyridines is 1. The molecule has 8 heteroatoms. The Kier molecular flexibility index (Phi) is 7.15. The van der Waals surface area contributed by atoms with E-state index in [1.54, 1.807) is 46.1 Å². The van der Waals surface area contributed by atoms with E-state index in [1.807, 2.05) is 6.92 Å². The lowest BCUT2D eigenvalue weighted by Gasteiger charge is -2.38. The van der Waals surface area contributed by atoms with Crippen LogP contribution in [0.4, 0.5) is 0 Å². The Balaban J connectivity index is 2.25. The van der Waals surface area contributed by atoms with Gasteiger partial charge in [-0.25, -0.2) is 4.79 Å². The zero-order valence-corrected chi connectivity index (χ0v) is 20.1. The molecule has 1 aliphatic carbocycles. The van der Waals surface area contributed by atoms with Gasteiger partial charge in [0.25, 0.3) is 0 Å². The number of Topliss-reactive ketones (excluding diaryl/α,β-unsaturated/α-hetero) is 1. The van der Waals surface area contributed by atoms with Gasteiger partial charge in [-0.2, -0.15) is 0 Å². The Morgan fingerprint density at radius 1 is 1.12 bits per heavy atom. The predicted octanol–water partition coefficient (Wildman–Crippen LogP) is 3.27. The minimum atomic E-state index is -0.955. The van der Waals surface area contributed by atoms with Crippen molar-refractivity contribution in [3.8, 4) is 11.5 Å². The van der Waals surface area contributed by atoms with Crippen molar-refractivity contribution >= 4 is 17.7 Å². The lowest BCUT2D eigenvalue weighted by Crippen LogP contribution is -2.43. The molecular weight excluding hydrogens is 426 g/mol. The van der Waals surface area contributed by atoms with Crippen LogP contribution in [-0.4, -0.2) is 45.2 Å². The molecule has 0 spiro atoms. The predicted molar refractivity (Wildman–Crippen MR) is 121 cm³/mol. The highest BCUT2D eigenvalue weighted by Gasteiger charge is 2.48. The van der Waals surface area contributed by atoms with Crippen LogP contribution in [0.25, 0.3) is 0 Å². The van der Waals surface area contributed by atoms with E-state index in [9.17, 15) is 14.4 Å². The fourth-order valence-electron chi connectivity index (χ4n) is 4.60. The number of carbonyl (C=O) groups excluding carboxylic acids is 3. The van der Waals surface area contributed by atoms with Crippen molar-refractivity contribution in [2.75, 3.05) is 21.3 Å². The van der Waals surface area contributed by atoms with Gasteiger partial charge >= 0.3 is 11.9 Å². The van der Waals surface area contributed by atoms with Crippen molar-refractivity contribution in [1.82, 2.24) is 5.32 Å². The number of hydrogen-bond acceptors (Lipinski definition) is 8. The number of benzene rings is 1. The molecule has 0 fully saturated rings. The van der Waals surface area contributed by atoms with E-state index in [4.69, 9.17) is 18.9 Å². The number of ketones is 1. The van der Waals surface area contributed by atoms with E-state index in [0.29, 0.717) is 46.0 Å². The normalized spacial score (nSPS) is 22.5. The second-order valence-corrected chi connectivity index (χ2v) is 8.60. The highest BCUT2D eigenvalue weighted by atomic mass is 16.5. The summed E-state index contributed by atoms with van der Waals surface area (Å²) in [7, 11) is 4.33. The van der Waals surface area contributed by atoms with Crippen LogP contribution in [-0.2, 0) is 23.9 Å². The van der Waals surface area contributed by atoms with Crippen molar-refractivity contribution in [2.45, 2.75) is 46.1 Å². The van der Waals surface area contributed by atoms with Gasteiger partial charge in [-0.15, -0.1) is 0 Å². The van der Waals surface area contributed by atoms with Crippen LogP contribution in [0, 0.1) is 11.8 Å². The number of allylic oxidation sites excluding steroid dienone is 3. The average Bonchev–Trinajstić information content (AvgIpc) is 2.76. The third-order valence-electron chi connectivity index (χ3n) is 6.06. The van der Waals surface area contributed by atoms with Gasteiger partial charge in [0, 0.05) is 28.6 Å². The average molecular weight is 458 g/mol. The first-order valence-corrected chi connectivity index (χ1v) is 10.9. The molecule has 0 bridgehead atoms. The maximum absolute atomic E-state index is 13.7. The maximum atomic E-state index is 13.7. The Bertz CT molecular complexity index is 1040. The van der Waals surface area contributed by atoms with Crippen LogP contribution in [0.3, 0.4) is 0 Å². The van der Waals surface area contributed by atoms with Gasteiger partial charge in [0.15, 0.2) is 5.78 Å². The van der Waals surface area contributed by atoms with Gasteiger partial charge in [0.2, 0.25) is 0 Å². The first-order valence-electron chi connectivity index (χ1n) is 10.9. The lowest BCUT2D eigenvalue weighted by molar-refractivity contribution is -0.151. The Labute approximate surface area is 193 Å². The molecule has 0 saturated carbocycles. The zero-order valence-electron chi connectivity index (χ0n) is 20.1. The second-order valence-electron chi connectivity index (χ2n) is 8.60. The molecule has 0 radical (unpaired) electrons. The fourth-order valence-corrected chi connectivity index (χ4v) is 4.60. The van der Waals surface area contributed by atoms with Crippen molar-refractivity contribution in [2.24, 2.45) is 11.8 Å². The number of rotatable bonds is 6. The largest absolute Gasteiger partial charge is 0.497 e. The van der Waals surface area contributed by atoms with E-state index in [0.717, 1.165) is 0 Å². The summed E-state index contributed by atoms with van der Waals surface area (Å²) in [5.41, 5.74) is 2.55. The Morgan fingerprint density at radius 2 is 1.82 bits per heavy atom. The minimum absolute atomic E-state index is 0.258. The molecule has 1 N–H and O–H groups in total. The molecule has 1 aromatic rings. The topological polar surface area (TPSA) is 100 Å². The number of carbonyl (C=O) groups is 3. The van der Waals surface area contributed by atoms with E-state index in [-0.39, 0.29) is 17.8 Å². The number of nitrogens with one attached hydrogen (secondary N) is 1. The third-order valence-corrected chi connectivity index (χ3v) is 6.06. The van der Waals surface area contributed by atoms with Crippen molar-refractivity contribution < 1.29 is 33.3 Å². The summed E-state index contributed by atoms with van der Waals surface area (Å²) in [6.07, 6.45) is 0.108. The molecule has 3 rings (SSSR count). The molecule has 33 heavy (non-hydrogen) atoms. The summed E-state index contributed by atoms with van der Waals surface area (Å²) >= 11 is 0. The molecule has 1 aromatic carbocycles. The molecule has 0 unspecified atom stereocenters. The SMILES string of the molecule is COC(=O)[C@H]1C(=O)C2=C(C[C@H]1C)NC(C)=C(C(=O)OC(C)C)[C@@H]2c1ccc(OC)cc1OC. The monoisotopic (exact) mass is 457 g/mol. The summed E-state index contributed by atoms with van der Waals surface area (Å²) in [6.45, 7) is 7.15. The molecule has 1 aliphatic heterocycles. The van der Waals surface area contributed by atoms with E-state index in [1.165, 1.54) is 14.2 Å². The standard InChI is InChI=1S/C25H31NO7/c1-12(2)33-25(29)20-14(4)26-17-10-13(3)19(24(28)32-7)23(27)22(17)21(20)16-9-8-15(30-5)11-18(16)31-6/h8-9,11-13,19,21,26H,10H2,1-7H3/t13-,19-,21+/m1/s1. The van der Waals surface area contributed by atoms with E-state index < -0.39 is 23.8 Å². The molecule has 0 saturated heterocycles. The van der Waals surface area contributed by atoms with Crippen LogP contribution < -0.4 is 14.8 Å². The summed E-state index contributed by atoms with van der Waals surface area (Å²) < 4.78 is 21.4. The van der Waals surface area contributed by atoms with Crippen molar-refractivity contribution in [3.63, 3.8) is 0 Å². The van der Waals surface area contributed by atoms with Gasteiger partial charge in [-0.05, 0) is 39.2 Å². The number of esters is 2. The number of ether oxygens (including phenoxy) is 4. The van der Waals surface area contributed by atoms with Crippen LogP contribution in [0.2, 0.25) is 0 Å². The number of hydrogen-bond donors (Lipinski definition) is 1. The zero-order chi connectivity index (χ0) is 24.4. The van der Waals surface area contributed by atoms with Gasteiger partial charge in [0.05, 0.1) is 38.9 Å². The summed E-state index contributed by atoms with van der Waals surface area (Å²) in [5, 5.41) is 3.24. The number of methoxy groups -OCH3 is 3. The van der Waals surface area contributed by atoms with Crippen LogP contribution in [0.15, 0.2) is 40.7 Å². The lowest BCUT2D eigenvalue weighted by atomic mass is 9.69. The van der Waals surface area contributed by atoms with Crippen molar-refractivity contribution in [3.05, 3.63) is 46.3 Å². The highest BCUT2D eigenvalue weighted by molar-refractivity contribution is 6.12. The highest BCUT2D eigenvalue weighted by Crippen LogP contribution is 2.48. The molecular formula is C25H31NO7. The van der Waals surface area contributed by atoms with Crippen molar-refractivity contribution in [1.29, 1.82) is 0 Å². The molecule has 2 aliphatic rings. The van der Waals surface area contributed by atoms with Crippen LogP contribution in [0.5, 0.6) is 11.5 Å². The molecule has 8 nitrogen and oxygen atoms in total. The Morgan fingerprint density at radius 3 is 2.39 bits per heavy atom. The first kappa shape index (κ1) is 24.4.